The summed E-state index contributed by atoms with van der Waals surface area (Å²) in [6, 6.07) is 4.43. The summed E-state index contributed by atoms with van der Waals surface area (Å²) in [6.45, 7) is 6.36. The lowest BCUT2D eigenvalue weighted by atomic mass is 9.92. The van der Waals surface area contributed by atoms with Gasteiger partial charge in [0.1, 0.15) is 17.0 Å². The number of hydrogen-bond donors (Lipinski definition) is 1. The van der Waals surface area contributed by atoms with Crippen LogP contribution < -0.4 is 4.90 Å². The van der Waals surface area contributed by atoms with Gasteiger partial charge in [0.15, 0.2) is 0 Å². The Hall–Kier alpha value is -0.870. The number of pyridine rings is 1. The molecule has 3 aromatic rings. The van der Waals surface area contributed by atoms with E-state index in [-0.39, 0.29) is 6.04 Å². The molecule has 0 amide bonds. The van der Waals surface area contributed by atoms with Crippen LogP contribution in [0.1, 0.15) is 43.9 Å². The Morgan fingerprint density at radius 3 is 2.87 bits per heavy atom. The Labute approximate surface area is 194 Å². The second kappa shape index (κ2) is 8.24. The molecule has 0 radical (unpaired) electrons. The van der Waals surface area contributed by atoms with E-state index in [0.29, 0.717) is 19.6 Å². The van der Waals surface area contributed by atoms with Crippen molar-refractivity contribution in [2.24, 2.45) is 0 Å². The van der Waals surface area contributed by atoms with Crippen molar-refractivity contribution in [3.63, 3.8) is 0 Å². The van der Waals surface area contributed by atoms with Crippen LogP contribution in [0.25, 0.3) is 21.6 Å². The Morgan fingerprint density at radius 1 is 1.33 bits per heavy atom. The highest BCUT2D eigenvalue weighted by molar-refractivity contribution is 14.2. The predicted octanol–water partition coefficient (Wildman–Crippen LogP) is 4.64. The van der Waals surface area contributed by atoms with Crippen LogP contribution in [0.4, 0.5) is 5.82 Å². The summed E-state index contributed by atoms with van der Waals surface area (Å²) in [4.78, 5) is 7.40. The quantitative estimate of drug-likeness (QED) is 0.372. The fourth-order valence-corrected chi connectivity index (χ4v) is 7.10. The molecule has 1 saturated carbocycles. The summed E-state index contributed by atoms with van der Waals surface area (Å²) in [6.07, 6.45) is 4.19. The maximum absolute atomic E-state index is 11.5. The lowest BCUT2D eigenvalue weighted by molar-refractivity contribution is 0.0461. The number of aromatic nitrogens is 4. The zero-order valence-electron chi connectivity index (χ0n) is 17.1. The summed E-state index contributed by atoms with van der Waals surface area (Å²) in [7, 11) is 0. The average molecular weight is 557 g/mol. The number of anilines is 1. The van der Waals surface area contributed by atoms with Gasteiger partial charge in [0.05, 0.1) is 47.3 Å². The standard InChI is InChI=1S/C20H25IN5O2PS/c1-12-9-15(26(23-12)29-21)17-18-19(30-24-17)14(20(27)5-3-4-6-20)10-16(22-18)25-7-8-28-11-13(25)2/h9-10,13,27,29H,3-8,11H2,1-2H3/t13-/m1/s1. The lowest BCUT2D eigenvalue weighted by Crippen LogP contribution is -2.44. The van der Waals surface area contributed by atoms with E-state index < -0.39 is 5.60 Å². The van der Waals surface area contributed by atoms with Crippen LogP contribution in [0.5, 0.6) is 0 Å². The molecule has 1 aliphatic heterocycles. The number of halogens is 1. The number of aliphatic hydroxyl groups is 1. The van der Waals surface area contributed by atoms with E-state index in [1.165, 1.54) is 11.5 Å². The molecule has 3 aromatic heterocycles. The highest BCUT2D eigenvalue weighted by Gasteiger charge is 2.37. The van der Waals surface area contributed by atoms with Crippen molar-refractivity contribution in [2.45, 2.75) is 51.2 Å². The molecule has 160 valence electrons. The highest BCUT2D eigenvalue weighted by atomic mass is 127. The molecular formula is C20H25IN5O2PS. The lowest BCUT2D eigenvalue weighted by Gasteiger charge is -2.35. The van der Waals surface area contributed by atoms with Gasteiger partial charge >= 0.3 is 0 Å². The van der Waals surface area contributed by atoms with E-state index in [1.807, 2.05) is 11.4 Å². The van der Waals surface area contributed by atoms with Gasteiger partial charge in [-0.3, -0.25) is 0 Å². The Balaban J connectivity index is 1.73. The van der Waals surface area contributed by atoms with Crippen molar-refractivity contribution in [1.82, 2.24) is 18.9 Å². The van der Waals surface area contributed by atoms with Crippen molar-refractivity contribution in [3.05, 3.63) is 23.4 Å². The first kappa shape index (κ1) is 21.0. The Morgan fingerprint density at radius 2 is 2.13 bits per heavy atom. The largest absolute Gasteiger partial charge is 0.385 e. The number of aryl methyl sites for hydroxylation is 1. The fourth-order valence-electron chi connectivity index (χ4n) is 4.60. The van der Waals surface area contributed by atoms with Crippen LogP contribution in [-0.2, 0) is 10.3 Å². The summed E-state index contributed by atoms with van der Waals surface area (Å²) in [5, 5.41) is 16.1. The molecule has 5 rings (SSSR count). The van der Waals surface area contributed by atoms with Gasteiger partial charge in [0, 0.05) is 12.1 Å². The van der Waals surface area contributed by atoms with Crippen LogP contribution >= 0.6 is 39.9 Å². The minimum atomic E-state index is -0.795. The van der Waals surface area contributed by atoms with Crippen LogP contribution in [0.3, 0.4) is 0 Å². The number of morpholine rings is 1. The fraction of sp³-hybridized carbons (Fsp3) is 0.550. The Kier molecular flexibility index (Phi) is 5.77. The van der Waals surface area contributed by atoms with E-state index in [1.54, 1.807) is 0 Å². The smallest absolute Gasteiger partial charge is 0.130 e. The minimum Gasteiger partial charge on any atom is -0.385 e. The van der Waals surface area contributed by atoms with Crippen molar-refractivity contribution in [2.75, 3.05) is 24.7 Å². The van der Waals surface area contributed by atoms with Gasteiger partial charge in [-0.1, -0.05) is 12.8 Å². The second-order valence-electron chi connectivity index (χ2n) is 8.26. The molecular weight excluding hydrogens is 532 g/mol. The van der Waals surface area contributed by atoms with Gasteiger partial charge in [-0.15, -0.1) is 0 Å². The first-order chi connectivity index (χ1) is 14.5. The van der Waals surface area contributed by atoms with E-state index in [0.717, 1.165) is 70.9 Å². The Bertz CT molecular complexity index is 1080. The van der Waals surface area contributed by atoms with Gasteiger partial charge < -0.3 is 14.7 Å². The van der Waals surface area contributed by atoms with Gasteiger partial charge in [0.2, 0.25) is 0 Å². The molecule has 0 aromatic carbocycles. The zero-order valence-corrected chi connectivity index (χ0v) is 21.0. The average Bonchev–Trinajstić information content (AvgIpc) is 3.45. The van der Waals surface area contributed by atoms with Crippen molar-refractivity contribution < 1.29 is 9.84 Å². The van der Waals surface area contributed by atoms with E-state index in [9.17, 15) is 5.11 Å². The third-order valence-electron chi connectivity index (χ3n) is 6.16. The summed E-state index contributed by atoms with van der Waals surface area (Å²) in [5.74, 6) is 0.912. The topological polar surface area (TPSA) is 76.3 Å². The molecule has 0 bridgehead atoms. The van der Waals surface area contributed by atoms with Crippen molar-refractivity contribution in [3.8, 4) is 11.4 Å². The van der Waals surface area contributed by atoms with Crippen molar-refractivity contribution in [1.29, 1.82) is 0 Å². The molecule has 4 heterocycles. The van der Waals surface area contributed by atoms with Crippen LogP contribution in [-0.4, -0.2) is 49.8 Å². The molecule has 1 unspecified atom stereocenters. The van der Waals surface area contributed by atoms with E-state index in [4.69, 9.17) is 14.1 Å². The summed E-state index contributed by atoms with van der Waals surface area (Å²) in [5.41, 5.74) is 3.91. The molecule has 30 heavy (non-hydrogen) atoms. The monoisotopic (exact) mass is 557 g/mol. The summed E-state index contributed by atoms with van der Waals surface area (Å²) < 4.78 is 13.5. The van der Waals surface area contributed by atoms with E-state index in [2.05, 4.69) is 51.1 Å². The molecule has 1 saturated heterocycles. The molecule has 1 N–H and O–H groups in total. The predicted molar refractivity (Wildman–Crippen MR) is 131 cm³/mol. The first-order valence-corrected chi connectivity index (χ1v) is 15.1. The summed E-state index contributed by atoms with van der Waals surface area (Å²) >= 11 is 3.80. The molecule has 2 aliphatic rings. The van der Waals surface area contributed by atoms with Crippen LogP contribution in [0.15, 0.2) is 12.1 Å². The van der Waals surface area contributed by atoms with Crippen LogP contribution in [0.2, 0.25) is 0 Å². The van der Waals surface area contributed by atoms with Gasteiger partial charge in [-0.2, -0.15) is 9.47 Å². The number of fused-ring (bicyclic) bond motifs is 1. The maximum atomic E-state index is 11.5. The normalized spacial score (nSPS) is 22.0. The zero-order chi connectivity index (χ0) is 20.9. The molecule has 10 heteroatoms. The molecule has 2 fully saturated rings. The second-order valence-corrected chi connectivity index (χ2v) is 11.1. The number of ether oxygens (including phenoxy) is 1. The van der Waals surface area contributed by atoms with Gasteiger partial charge in [-0.05, 0) is 72.4 Å². The third-order valence-corrected chi connectivity index (χ3v) is 8.90. The third kappa shape index (κ3) is 3.56. The number of nitrogens with zero attached hydrogens (tertiary/aromatic N) is 5. The highest BCUT2D eigenvalue weighted by Crippen LogP contribution is 2.46. The SMILES string of the molecule is Cc1cc(-c2nsc3c(C4(O)CCCC4)cc(N4CCOC[C@H]4C)nc23)n(PI)n1. The molecule has 7 nitrogen and oxygen atoms in total. The number of hydrogen-bond acceptors (Lipinski definition) is 7. The molecule has 0 spiro atoms. The molecule has 2 atom stereocenters. The first-order valence-electron chi connectivity index (χ1n) is 10.3. The van der Waals surface area contributed by atoms with Crippen molar-refractivity contribution >= 4 is 56.0 Å². The molecule has 1 aliphatic carbocycles. The van der Waals surface area contributed by atoms with Gasteiger partial charge in [0.25, 0.3) is 0 Å². The van der Waals surface area contributed by atoms with E-state index >= 15 is 0 Å². The van der Waals surface area contributed by atoms with Crippen LogP contribution in [0, 0.1) is 6.92 Å². The van der Waals surface area contributed by atoms with Gasteiger partial charge in [-0.25, -0.2) is 9.44 Å². The maximum Gasteiger partial charge on any atom is 0.130 e. The minimum absolute atomic E-state index is 0.244. The number of rotatable bonds is 4.